The van der Waals surface area contributed by atoms with E-state index in [0.717, 1.165) is 46.5 Å². The van der Waals surface area contributed by atoms with Gasteiger partial charge in [0.1, 0.15) is 5.76 Å². The van der Waals surface area contributed by atoms with Crippen LogP contribution in [0.4, 0.5) is 0 Å². The predicted molar refractivity (Wildman–Crippen MR) is 138 cm³/mol. The lowest BCUT2D eigenvalue weighted by Gasteiger charge is -2.30. The highest BCUT2D eigenvalue weighted by molar-refractivity contribution is 5.79. The van der Waals surface area contributed by atoms with Gasteiger partial charge in [0, 0.05) is 17.6 Å². The van der Waals surface area contributed by atoms with Gasteiger partial charge in [0.05, 0.1) is 25.4 Å². The summed E-state index contributed by atoms with van der Waals surface area (Å²) in [6.07, 6.45) is 3.44. The van der Waals surface area contributed by atoms with Gasteiger partial charge < -0.3 is 9.40 Å². The highest BCUT2D eigenvalue weighted by Crippen LogP contribution is 2.28. The Hall–Kier alpha value is -4.04. The zero-order valence-corrected chi connectivity index (χ0v) is 20.6. The number of aromatic nitrogens is 5. The first-order chi connectivity index (χ1) is 17.6. The Morgan fingerprint density at radius 1 is 1.06 bits per heavy atom. The lowest BCUT2D eigenvalue weighted by atomic mass is 10.1. The van der Waals surface area contributed by atoms with Crippen molar-refractivity contribution < 1.29 is 4.42 Å². The molecule has 0 fully saturated rings. The van der Waals surface area contributed by atoms with E-state index in [1.54, 1.807) is 6.26 Å². The van der Waals surface area contributed by atoms with E-state index in [0.29, 0.717) is 25.2 Å². The standard InChI is InChI=1S/C28H30N6O2/c1-3-8-26(27-30-31-32-34(27)17-21-9-5-4-6-10-21)33(19-24-11-7-14-36-24)18-23-16-22-15-20(2)12-13-25(22)29-28(23)35/h4-7,9-16,26H,3,8,17-19H2,1-2H3,(H,29,35). The van der Waals surface area contributed by atoms with Gasteiger partial charge in [0.25, 0.3) is 5.56 Å². The fourth-order valence-electron chi connectivity index (χ4n) is 4.65. The van der Waals surface area contributed by atoms with Crippen molar-refractivity contribution in [2.75, 3.05) is 0 Å². The molecule has 36 heavy (non-hydrogen) atoms. The van der Waals surface area contributed by atoms with Gasteiger partial charge in [0.2, 0.25) is 0 Å². The van der Waals surface area contributed by atoms with Crippen LogP contribution < -0.4 is 5.56 Å². The van der Waals surface area contributed by atoms with Crippen molar-refractivity contribution in [3.8, 4) is 0 Å². The van der Waals surface area contributed by atoms with Crippen LogP contribution in [0, 0.1) is 6.92 Å². The zero-order chi connectivity index (χ0) is 24.9. The highest BCUT2D eigenvalue weighted by Gasteiger charge is 2.27. The number of aromatic amines is 1. The van der Waals surface area contributed by atoms with E-state index in [-0.39, 0.29) is 11.6 Å². The minimum absolute atomic E-state index is 0.0880. The van der Waals surface area contributed by atoms with E-state index < -0.39 is 0 Å². The number of nitrogens with zero attached hydrogens (tertiary/aromatic N) is 5. The topological polar surface area (TPSA) is 92.8 Å². The molecule has 0 radical (unpaired) electrons. The third-order valence-electron chi connectivity index (χ3n) is 6.42. The van der Waals surface area contributed by atoms with Crippen molar-refractivity contribution in [2.24, 2.45) is 0 Å². The number of pyridine rings is 1. The number of tetrazole rings is 1. The molecule has 0 aliphatic rings. The second kappa shape index (κ2) is 10.7. The second-order valence-corrected chi connectivity index (χ2v) is 9.18. The maximum Gasteiger partial charge on any atom is 0.252 e. The van der Waals surface area contributed by atoms with E-state index in [2.05, 4.69) is 57.5 Å². The Bertz CT molecular complexity index is 1470. The normalized spacial score (nSPS) is 12.4. The summed E-state index contributed by atoms with van der Waals surface area (Å²) in [7, 11) is 0. The highest BCUT2D eigenvalue weighted by atomic mass is 16.3. The average Bonchev–Trinajstić information content (AvgIpc) is 3.56. The molecular formula is C28H30N6O2. The van der Waals surface area contributed by atoms with Gasteiger partial charge in [-0.05, 0) is 65.1 Å². The summed E-state index contributed by atoms with van der Waals surface area (Å²) < 4.78 is 7.56. The smallest absolute Gasteiger partial charge is 0.252 e. The van der Waals surface area contributed by atoms with Crippen LogP contribution >= 0.6 is 0 Å². The lowest BCUT2D eigenvalue weighted by molar-refractivity contribution is 0.144. The Balaban J connectivity index is 1.52. The van der Waals surface area contributed by atoms with Gasteiger partial charge in [0.15, 0.2) is 5.82 Å². The Morgan fingerprint density at radius 3 is 2.69 bits per heavy atom. The van der Waals surface area contributed by atoms with Crippen molar-refractivity contribution in [1.29, 1.82) is 0 Å². The number of benzene rings is 2. The molecule has 3 aromatic heterocycles. The van der Waals surface area contributed by atoms with Crippen molar-refractivity contribution in [2.45, 2.75) is 52.4 Å². The molecule has 8 heteroatoms. The van der Waals surface area contributed by atoms with Crippen LogP contribution in [0.25, 0.3) is 10.9 Å². The van der Waals surface area contributed by atoms with Crippen molar-refractivity contribution in [3.63, 3.8) is 0 Å². The van der Waals surface area contributed by atoms with Gasteiger partial charge in [-0.1, -0.05) is 55.3 Å². The molecule has 1 atom stereocenters. The summed E-state index contributed by atoms with van der Waals surface area (Å²) in [4.78, 5) is 18.4. The Labute approximate surface area is 209 Å². The fourth-order valence-corrected chi connectivity index (χ4v) is 4.65. The number of aryl methyl sites for hydroxylation is 1. The Morgan fingerprint density at radius 2 is 1.92 bits per heavy atom. The van der Waals surface area contributed by atoms with Crippen LogP contribution in [0.3, 0.4) is 0 Å². The fraction of sp³-hybridized carbons (Fsp3) is 0.286. The quantitative estimate of drug-likeness (QED) is 0.301. The number of furan rings is 1. The first kappa shape index (κ1) is 23.7. The molecule has 2 aromatic carbocycles. The van der Waals surface area contributed by atoms with Crippen LogP contribution in [0.2, 0.25) is 0 Å². The molecule has 0 aliphatic heterocycles. The molecule has 1 unspecified atom stereocenters. The largest absolute Gasteiger partial charge is 0.468 e. The third kappa shape index (κ3) is 5.28. The third-order valence-corrected chi connectivity index (χ3v) is 6.42. The van der Waals surface area contributed by atoms with Crippen molar-refractivity contribution in [1.82, 2.24) is 30.1 Å². The average molecular weight is 483 g/mol. The summed E-state index contributed by atoms with van der Waals surface area (Å²) in [6.45, 7) is 5.74. The molecule has 5 rings (SSSR count). The molecule has 0 saturated carbocycles. The molecule has 5 aromatic rings. The number of hydrogen-bond acceptors (Lipinski definition) is 6. The lowest BCUT2D eigenvalue weighted by Crippen LogP contribution is -2.32. The van der Waals surface area contributed by atoms with Crippen LogP contribution in [-0.2, 0) is 19.6 Å². The van der Waals surface area contributed by atoms with Crippen molar-refractivity contribution >= 4 is 10.9 Å². The summed E-state index contributed by atoms with van der Waals surface area (Å²) >= 11 is 0. The van der Waals surface area contributed by atoms with Crippen LogP contribution in [0.5, 0.6) is 0 Å². The SMILES string of the molecule is CCCC(c1nnnn1Cc1ccccc1)N(Cc1ccco1)Cc1cc2cc(C)ccc2[nH]c1=O. The first-order valence-corrected chi connectivity index (χ1v) is 12.3. The minimum atomic E-state index is -0.105. The summed E-state index contributed by atoms with van der Waals surface area (Å²) in [6, 6.07) is 21.9. The molecule has 0 spiro atoms. The number of nitrogens with one attached hydrogen (secondary N) is 1. The molecule has 3 heterocycles. The second-order valence-electron chi connectivity index (χ2n) is 9.18. The molecule has 0 amide bonds. The monoisotopic (exact) mass is 482 g/mol. The summed E-state index contributed by atoms with van der Waals surface area (Å²) in [5.74, 6) is 1.60. The van der Waals surface area contributed by atoms with E-state index in [9.17, 15) is 4.79 Å². The number of H-pyrrole nitrogens is 1. The zero-order valence-electron chi connectivity index (χ0n) is 20.6. The molecule has 0 aliphatic carbocycles. The number of rotatable bonds is 10. The van der Waals surface area contributed by atoms with Gasteiger partial charge >= 0.3 is 0 Å². The Kier molecular flexibility index (Phi) is 7.04. The maximum absolute atomic E-state index is 13.1. The molecule has 184 valence electrons. The molecule has 8 nitrogen and oxygen atoms in total. The van der Waals surface area contributed by atoms with Crippen LogP contribution in [0.15, 0.2) is 82.2 Å². The molecule has 0 bridgehead atoms. The van der Waals surface area contributed by atoms with Gasteiger partial charge in [-0.2, -0.15) is 0 Å². The van der Waals surface area contributed by atoms with Crippen molar-refractivity contribution in [3.05, 3.63) is 112 Å². The summed E-state index contributed by atoms with van der Waals surface area (Å²) in [5.41, 5.74) is 3.72. The van der Waals surface area contributed by atoms with Crippen LogP contribution in [0.1, 0.15) is 54.1 Å². The molecule has 0 saturated heterocycles. The van der Waals surface area contributed by atoms with E-state index >= 15 is 0 Å². The number of hydrogen-bond donors (Lipinski definition) is 1. The van der Waals surface area contributed by atoms with Crippen LogP contribution in [-0.4, -0.2) is 30.1 Å². The van der Waals surface area contributed by atoms with Gasteiger partial charge in [-0.15, -0.1) is 5.10 Å². The van der Waals surface area contributed by atoms with E-state index in [1.165, 1.54) is 0 Å². The first-order valence-electron chi connectivity index (χ1n) is 12.3. The molecule has 1 N–H and O–H groups in total. The van der Waals surface area contributed by atoms with Gasteiger partial charge in [-0.3, -0.25) is 9.69 Å². The van der Waals surface area contributed by atoms with E-state index in [1.807, 2.05) is 53.2 Å². The molecular weight excluding hydrogens is 452 g/mol. The predicted octanol–water partition coefficient (Wildman–Crippen LogP) is 5.01. The number of fused-ring (bicyclic) bond motifs is 1. The summed E-state index contributed by atoms with van der Waals surface area (Å²) in [5, 5.41) is 13.8. The van der Waals surface area contributed by atoms with Gasteiger partial charge in [-0.25, -0.2) is 4.68 Å². The minimum Gasteiger partial charge on any atom is -0.468 e. The maximum atomic E-state index is 13.1. The van der Waals surface area contributed by atoms with E-state index in [4.69, 9.17) is 4.42 Å².